The topological polar surface area (TPSA) is 12.0 Å². The second-order valence-electron chi connectivity index (χ2n) is 5.05. The fourth-order valence-corrected chi connectivity index (χ4v) is 2.45. The molecule has 0 fully saturated rings. The third kappa shape index (κ3) is 2.73. The second kappa shape index (κ2) is 5.26. The van der Waals surface area contributed by atoms with E-state index < -0.39 is 0 Å². The van der Waals surface area contributed by atoms with Gasteiger partial charge in [-0.3, -0.25) is 0 Å². The van der Waals surface area contributed by atoms with Crippen molar-refractivity contribution in [2.24, 2.45) is 0 Å². The molecule has 2 aromatic carbocycles. The van der Waals surface area contributed by atoms with E-state index in [1.165, 1.54) is 27.9 Å². The summed E-state index contributed by atoms with van der Waals surface area (Å²) in [6.07, 6.45) is 0. The number of rotatable bonds is 3. The SMILES string of the molecule is Cc1cc(C)c(NC(C)c2ccccc2)c(C)c1. The lowest BCUT2D eigenvalue weighted by Gasteiger charge is -2.20. The molecule has 0 aliphatic heterocycles. The molecule has 1 N–H and O–H groups in total. The van der Waals surface area contributed by atoms with Gasteiger partial charge in [0.25, 0.3) is 0 Å². The predicted molar refractivity (Wildman–Crippen MR) is 79.1 cm³/mol. The van der Waals surface area contributed by atoms with Crippen LogP contribution in [0.4, 0.5) is 5.69 Å². The molecular weight excluding hydrogens is 218 g/mol. The van der Waals surface area contributed by atoms with Crippen molar-refractivity contribution in [3.63, 3.8) is 0 Å². The maximum atomic E-state index is 3.62. The summed E-state index contributed by atoms with van der Waals surface area (Å²) in [5.74, 6) is 0. The zero-order valence-electron chi connectivity index (χ0n) is 11.6. The van der Waals surface area contributed by atoms with Crippen LogP contribution in [0.25, 0.3) is 0 Å². The van der Waals surface area contributed by atoms with Gasteiger partial charge in [-0.1, -0.05) is 48.0 Å². The Bertz CT molecular complexity index is 506. The van der Waals surface area contributed by atoms with Gasteiger partial charge in [0.2, 0.25) is 0 Å². The highest BCUT2D eigenvalue weighted by Gasteiger charge is 2.08. The molecule has 1 unspecified atom stereocenters. The first-order chi connectivity index (χ1) is 8.58. The van der Waals surface area contributed by atoms with Crippen molar-refractivity contribution in [3.05, 3.63) is 64.7 Å². The average molecular weight is 239 g/mol. The van der Waals surface area contributed by atoms with Crippen molar-refractivity contribution in [1.82, 2.24) is 0 Å². The molecular formula is C17H21N. The molecule has 2 rings (SSSR count). The molecule has 0 aliphatic rings. The summed E-state index contributed by atoms with van der Waals surface area (Å²) in [6.45, 7) is 8.68. The number of anilines is 1. The molecule has 0 spiro atoms. The fourth-order valence-electron chi connectivity index (χ4n) is 2.45. The molecule has 0 saturated carbocycles. The quantitative estimate of drug-likeness (QED) is 0.812. The van der Waals surface area contributed by atoms with Gasteiger partial charge in [-0.25, -0.2) is 0 Å². The van der Waals surface area contributed by atoms with Crippen LogP contribution in [0.5, 0.6) is 0 Å². The van der Waals surface area contributed by atoms with Crippen molar-refractivity contribution < 1.29 is 0 Å². The Labute approximate surface area is 110 Å². The van der Waals surface area contributed by atoms with Gasteiger partial charge < -0.3 is 5.32 Å². The Morgan fingerprint density at radius 2 is 1.44 bits per heavy atom. The van der Waals surface area contributed by atoms with E-state index in [4.69, 9.17) is 0 Å². The second-order valence-corrected chi connectivity index (χ2v) is 5.05. The van der Waals surface area contributed by atoms with Gasteiger partial charge in [0.05, 0.1) is 0 Å². The standard InChI is InChI=1S/C17H21N/c1-12-10-13(2)17(14(3)11-12)18-15(4)16-8-6-5-7-9-16/h5-11,15,18H,1-4H3. The molecule has 1 atom stereocenters. The van der Waals surface area contributed by atoms with E-state index in [0.717, 1.165) is 0 Å². The maximum absolute atomic E-state index is 3.62. The lowest BCUT2D eigenvalue weighted by Crippen LogP contribution is -2.09. The minimum atomic E-state index is 0.325. The molecule has 0 radical (unpaired) electrons. The highest BCUT2D eigenvalue weighted by Crippen LogP contribution is 2.26. The third-order valence-corrected chi connectivity index (χ3v) is 3.34. The molecule has 2 aromatic rings. The molecule has 94 valence electrons. The Hall–Kier alpha value is -1.76. The van der Waals surface area contributed by atoms with Gasteiger partial charge in [0, 0.05) is 11.7 Å². The normalized spacial score (nSPS) is 12.2. The number of aryl methyl sites for hydroxylation is 3. The van der Waals surface area contributed by atoms with E-state index in [9.17, 15) is 0 Å². The first kappa shape index (κ1) is 12.7. The van der Waals surface area contributed by atoms with Crippen molar-refractivity contribution in [2.45, 2.75) is 33.7 Å². The van der Waals surface area contributed by atoms with E-state index in [0.29, 0.717) is 6.04 Å². The summed E-state index contributed by atoms with van der Waals surface area (Å²) in [4.78, 5) is 0. The number of benzene rings is 2. The van der Waals surface area contributed by atoms with E-state index in [-0.39, 0.29) is 0 Å². The van der Waals surface area contributed by atoms with Gasteiger partial charge in [0.1, 0.15) is 0 Å². The molecule has 0 aliphatic carbocycles. The molecule has 1 nitrogen and oxygen atoms in total. The maximum Gasteiger partial charge on any atom is 0.0485 e. The monoisotopic (exact) mass is 239 g/mol. The van der Waals surface area contributed by atoms with Crippen molar-refractivity contribution in [2.75, 3.05) is 5.32 Å². The van der Waals surface area contributed by atoms with Crippen LogP contribution in [-0.4, -0.2) is 0 Å². The van der Waals surface area contributed by atoms with Crippen LogP contribution in [0.3, 0.4) is 0 Å². The van der Waals surface area contributed by atoms with Crippen LogP contribution in [0.2, 0.25) is 0 Å². The van der Waals surface area contributed by atoms with Crippen LogP contribution in [-0.2, 0) is 0 Å². The number of hydrogen-bond acceptors (Lipinski definition) is 1. The lowest BCUT2D eigenvalue weighted by atomic mass is 10.0. The third-order valence-electron chi connectivity index (χ3n) is 3.34. The van der Waals surface area contributed by atoms with E-state index >= 15 is 0 Å². The van der Waals surface area contributed by atoms with E-state index in [1.54, 1.807) is 0 Å². The van der Waals surface area contributed by atoms with Gasteiger partial charge in [-0.2, -0.15) is 0 Å². The van der Waals surface area contributed by atoms with Crippen molar-refractivity contribution in [1.29, 1.82) is 0 Å². The zero-order chi connectivity index (χ0) is 13.1. The molecule has 0 bridgehead atoms. The molecule has 0 aromatic heterocycles. The van der Waals surface area contributed by atoms with Crippen molar-refractivity contribution in [3.8, 4) is 0 Å². The van der Waals surface area contributed by atoms with Crippen molar-refractivity contribution >= 4 is 5.69 Å². The van der Waals surface area contributed by atoms with Gasteiger partial charge in [0.15, 0.2) is 0 Å². The van der Waals surface area contributed by atoms with Gasteiger partial charge >= 0.3 is 0 Å². The summed E-state index contributed by atoms with van der Waals surface area (Å²) in [5.41, 5.74) is 6.53. The molecule has 0 saturated heterocycles. The highest BCUT2D eigenvalue weighted by atomic mass is 14.9. The predicted octanol–water partition coefficient (Wildman–Crippen LogP) is 4.78. The zero-order valence-corrected chi connectivity index (χ0v) is 11.6. The van der Waals surface area contributed by atoms with Crippen LogP contribution < -0.4 is 5.32 Å². The molecule has 0 heterocycles. The smallest absolute Gasteiger partial charge is 0.0485 e. The fraction of sp³-hybridized carbons (Fsp3) is 0.294. The van der Waals surface area contributed by atoms with Crippen LogP contribution in [0.1, 0.15) is 35.2 Å². The highest BCUT2D eigenvalue weighted by molar-refractivity contribution is 5.59. The summed E-state index contributed by atoms with van der Waals surface area (Å²) in [5, 5.41) is 3.62. The average Bonchev–Trinajstić information content (AvgIpc) is 2.34. The summed E-state index contributed by atoms with van der Waals surface area (Å²) in [7, 11) is 0. The minimum absolute atomic E-state index is 0.325. The first-order valence-corrected chi connectivity index (χ1v) is 6.47. The van der Waals surface area contributed by atoms with Crippen LogP contribution in [0.15, 0.2) is 42.5 Å². The van der Waals surface area contributed by atoms with E-state index in [1.807, 2.05) is 0 Å². The Morgan fingerprint density at radius 1 is 0.889 bits per heavy atom. The van der Waals surface area contributed by atoms with E-state index in [2.05, 4.69) is 75.5 Å². The molecule has 1 heteroatoms. The molecule has 18 heavy (non-hydrogen) atoms. The lowest BCUT2D eigenvalue weighted by molar-refractivity contribution is 0.880. The number of hydrogen-bond donors (Lipinski definition) is 1. The Balaban J connectivity index is 2.25. The van der Waals surface area contributed by atoms with Gasteiger partial charge in [-0.15, -0.1) is 0 Å². The largest absolute Gasteiger partial charge is 0.378 e. The summed E-state index contributed by atoms with van der Waals surface area (Å²) < 4.78 is 0. The minimum Gasteiger partial charge on any atom is -0.378 e. The van der Waals surface area contributed by atoms with Gasteiger partial charge in [-0.05, 0) is 44.4 Å². The first-order valence-electron chi connectivity index (χ1n) is 6.47. The van der Waals surface area contributed by atoms with Crippen LogP contribution in [0, 0.1) is 20.8 Å². The summed E-state index contributed by atoms with van der Waals surface area (Å²) in [6, 6.07) is 15.3. The Kier molecular flexibility index (Phi) is 3.71. The molecule has 0 amide bonds. The van der Waals surface area contributed by atoms with Crippen LogP contribution >= 0.6 is 0 Å². The Morgan fingerprint density at radius 3 is 2.00 bits per heavy atom. The summed E-state index contributed by atoms with van der Waals surface area (Å²) >= 11 is 0. The number of nitrogens with one attached hydrogen (secondary N) is 1.